The molecule has 1 aromatic carbocycles. The lowest BCUT2D eigenvalue weighted by atomic mass is 9.76. The van der Waals surface area contributed by atoms with Crippen LogP contribution in [0.15, 0.2) is 34.2 Å². The second-order valence-corrected chi connectivity index (χ2v) is 12.1. The lowest BCUT2D eigenvalue weighted by molar-refractivity contribution is -0.136. The Morgan fingerprint density at radius 2 is 1.63 bits per heavy atom. The number of benzene rings is 1. The summed E-state index contributed by atoms with van der Waals surface area (Å²) < 4.78 is 1.95. The Morgan fingerprint density at radius 1 is 0.947 bits per heavy atom. The van der Waals surface area contributed by atoms with Crippen molar-refractivity contribution in [2.75, 3.05) is 7.11 Å². The van der Waals surface area contributed by atoms with Crippen LogP contribution in [-0.2, 0) is 9.63 Å². The van der Waals surface area contributed by atoms with E-state index < -0.39 is 5.97 Å². The first-order valence-corrected chi connectivity index (χ1v) is 14.6. The molecule has 8 heteroatoms. The smallest absolute Gasteiger partial charge is 0.303 e. The zero-order valence-electron chi connectivity index (χ0n) is 22.4. The van der Waals surface area contributed by atoms with Crippen LogP contribution in [0.25, 0.3) is 11.0 Å². The zero-order chi connectivity index (χ0) is 26.2. The minimum absolute atomic E-state index is 0.0945. The average molecular weight is 521 g/mol. The summed E-state index contributed by atoms with van der Waals surface area (Å²) in [5, 5.41) is 13.3. The second kappa shape index (κ2) is 10.8. The highest BCUT2D eigenvalue weighted by molar-refractivity contribution is 6.00. The highest BCUT2D eigenvalue weighted by Gasteiger charge is 2.47. The molecule has 2 saturated heterocycles. The van der Waals surface area contributed by atoms with Crippen molar-refractivity contribution in [2.45, 2.75) is 108 Å². The summed E-state index contributed by atoms with van der Waals surface area (Å²) in [6, 6.07) is 9.62. The summed E-state index contributed by atoms with van der Waals surface area (Å²) in [7, 11) is 1.41. The number of aliphatic carboxylic acids is 1. The van der Waals surface area contributed by atoms with Crippen molar-refractivity contribution in [1.82, 2.24) is 14.5 Å². The van der Waals surface area contributed by atoms with E-state index in [1.807, 2.05) is 28.8 Å². The predicted molar refractivity (Wildman–Crippen MR) is 146 cm³/mol. The van der Waals surface area contributed by atoms with Gasteiger partial charge in [-0.2, -0.15) is 0 Å². The Kier molecular flexibility index (Phi) is 7.25. The van der Waals surface area contributed by atoms with Gasteiger partial charge in [-0.05, 0) is 68.9 Å². The number of oxime groups is 1. The lowest BCUT2D eigenvalue weighted by Crippen LogP contribution is -2.52. The molecular formula is C30H40N4O4. The van der Waals surface area contributed by atoms with Crippen molar-refractivity contribution in [3.8, 4) is 0 Å². The number of aromatic nitrogens is 2. The molecule has 2 saturated carbocycles. The third-order valence-electron chi connectivity index (χ3n) is 9.75. The Morgan fingerprint density at radius 3 is 2.29 bits per heavy atom. The predicted octanol–water partition coefficient (Wildman–Crippen LogP) is 5.14. The van der Waals surface area contributed by atoms with E-state index in [0.717, 1.165) is 35.7 Å². The van der Waals surface area contributed by atoms with E-state index in [1.54, 1.807) is 0 Å². The van der Waals surface area contributed by atoms with E-state index in [4.69, 9.17) is 4.84 Å². The highest BCUT2D eigenvalue weighted by atomic mass is 16.6. The molecule has 2 aliphatic carbocycles. The Hall–Kier alpha value is -2.74. The second-order valence-electron chi connectivity index (χ2n) is 12.1. The van der Waals surface area contributed by atoms with Gasteiger partial charge in [-0.15, -0.1) is 0 Å². The van der Waals surface area contributed by atoms with Gasteiger partial charge in [0.1, 0.15) is 12.8 Å². The van der Waals surface area contributed by atoms with Gasteiger partial charge in [-0.1, -0.05) is 43.0 Å². The van der Waals surface area contributed by atoms with Crippen LogP contribution in [0.2, 0.25) is 0 Å². The molecule has 2 aliphatic heterocycles. The molecule has 0 amide bonds. The number of hydrogen-bond donors (Lipinski definition) is 1. The number of para-hydroxylation sites is 2. The number of carbonyl (C=O) groups is 1. The van der Waals surface area contributed by atoms with E-state index in [1.165, 1.54) is 64.9 Å². The first-order chi connectivity index (χ1) is 18.5. The summed E-state index contributed by atoms with van der Waals surface area (Å²) in [6.07, 6.45) is 14.1. The molecule has 4 bridgehead atoms. The minimum atomic E-state index is -0.943. The summed E-state index contributed by atoms with van der Waals surface area (Å²) in [5.74, 6) is 0.857. The van der Waals surface area contributed by atoms with Crippen LogP contribution in [0.3, 0.4) is 0 Å². The van der Waals surface area contributed by atoms with Gasteiger partial charge in [-0.25, -0.2) is 4.98 Å². The number of carboxylic acids is 1. The van der Waals surface area contributed by atoms with E-state index in [2.05, 4.69) is 15.0 Å². The van der Waals surface area contributed by atoms with Crippen molar-refractivity contribution >= 4 is 22.7 Å². The lowest BCUT2D eigenvalue weighted by Gasteiger charge is -2.48. The Bertz CT molecular complexity index is 1240. The summed E-state index contributed by atoms with van der Waals surface area (Å²) >= 11 is 0. The molecule has 0 radical (unpaired) electrons. The summed E-state index contributed by atoms with van der Waals surface area (Å²) in [4.78, 5) is 37.9. The summed E-state index contributed by atoms with van der Waals surface area (Å²) in [6.45, 7) is 0. The number of piperidine rings is 1. The number of nitrogens with zero attached hydrogens (tertiary/aromatic N) is 4. The molecule has 6 atom stereocenters. The van der Waals surface area contributed by atoms with Crippen LogP contribution in [-0.4, -0.2) is 56.5 Å². The van der Waals surface area contributed by atoms with Crippen molar-refractivity contribution in [2.24, 2.45) is 17.0 Å². The van der Waals surface area contributed by atoms with Gasteiger partial charge in [0.05, 0.1) is 17.5 Å². The molecule has 38 heavy (non-hydrogen) atoms. The van der Waals surface area contributed by atoms with Crippen molar-refractivity contribution in [3.63, 3.8) is 0 Å². The van der Waals surface area contributed by atoms with Crippen molar-refractivity contribution in [1.29, 1.82) is 0 Å². The van der Waals surface area contributed by atoms with Crippen molar-refractivity contribution in [3.05, 3.63) is 40.3 Å². The molecule has 204 valence electrons. The van der Waals surface area contributed by atoms with Crippen LogP contribution in [0.1, 0.15) is 95.2 Å². The fraction of sp³-hybridized carbons (Fsp3) is 0.667. The number of hydrogen-bond acceptors (Lipinski definition) is 6. The van der Waals surface area contributed by atoms with Crippen LogP contribution >= 0.6 is 0 Å². The molecule has 2 unspecified atom stereocenters. The highest BCUT2D eigenvalue weighted by Crippen LogP contribution is 2.47. The largest absolute Gasteiger partial charge is 0.481 e. The molecule has 1 N–H and O–H groups in total. The van der Waals surface area contributed by atoms with Gasteiger partial charge in [-0.3, -0.25) is 14.5 Å². The molecule has 6 rings (SSSR count). The maximum atomic E-state index is 14.0. The monoisotopic (exact) mass is 520 g/mol. The zero-order valence-corrected chi connectivity index (χ0v) is 22.4. The first kappa shape index (κ1) is 25.5. The fourth-order valence-corrected chi connectivity index (χ4v) is 8.35. The Labute approximate surface area is 224 Å². The van der Waals surface area contributed by atoms with E-state index >= 15 is 0 Å². The van der Waals surface area contributed by atoms with Gasteiger partial charge in [0.2, 0.25) is 0 Å². The number of rotatable bonds is 7. The SMILES string of the molecule is CO/N=C(\CCC(=O)O)c1nc2ccccc2n(C2C[C@H]3CC[C@@H](C2)N3C2C[C@H]3CCCC[C@@H](C2)C3)c1=O. The maximum Gasteiger partial charge on any atom is 0.303 e. The third kappa shape index (κ3) is 4.88. The van der Waals surface area contributed by atoms with Crippen molar-refractivity contribution < 1.29 is 14.7 Å². The molecule has 0 spiro atoms. The van der Waals surface area contributed by atoms with Gasteiger partial charge < -0.3 is 14.5 Å². The van der Waals surface area contributed by atoms with Gasteiger partial charge in [0, 0.05) is 30.6 Å². The van der Waals surface area contributed by atoms with Gasteiger partial charge >= 0.3 is 5.97 Å². The molecule has 4 aliphatic rings. The first-order valence-electron chi connectivity index (χ1n) is 14.6. The van der Waals surface area contributed by atoms with E-state index in [9.17, 15) is 14.7 Å². The van der Waals surface area contributed by atoms with E-state index in [0.29, 0.717) is 23.8 Å². The molecule has 8 nitrogen and oxygen atoms in total. The fourth-order valence-electron chi connectivity index (χ4n) is 8.35. The van der Waals surface area contributed by atoms with Crippen LogP contribution in [0.4, 0.5) is 0 Å². The minimum Gasteiger partial charge on any atom is -0.481 e. The van der Waals surface area contributed by atoms with E-state index in [-0.39, 0.29) is 30.1 Å². The standard InChI is InChI=1S/C30H40N4O4/c1-38-32-26(12-13-28(35)36)29-30(37)34(27-9-5-4-8-25(27)31-29)24-17-21-10-11-22(18-24)33(21)23-15-19-6-2-3-7-20(14-19)16-23/h4-5,8-9,19-24H,2-3,6-7,10-18H2,1H3,(H,35,36)/b32-26+/t19-,20+,21-,22+,23?,24?. The van der Waals surface area contributed by atoms with Gasteiger partial charge in [0.15, 0.2) is 5.69 Å². The number of carboxylic acid groups (broad SMARTS) is 1. The molecule has 4 fully saturated rings. The van der Waals surface area contributed by atoms with Crippen LogP contribution in [0.5, 0.6) is 0 Å². The molecule has 1 aromatic heterocycles. The normalized spacial score (nSPS) is 31.8. The molecular weight excluding hydrogens is 480 g/mol. The average Bonchev–Trinajstić information content (AvgIpc) is 3.06. The Balaban J connectivity index is 1.32. The molecule has 3 heterocycles. The van der Waals surface area contributed by atoms with Crippen LogP contribution in [0, 0.1) is 11.8 Å². The third-order valence-corrected chi connectivity index (χ3v) is 9.75. The maximum absolute atomic E-state index is 14.0. The van der Waals surface area contributed by atoms with Gasteiger partial charge in [0.25, 0.3) is 5.56 Å². The summed E-state index contributed by atoms with van der Waals surface area (Å²) in [5.41, 5.74) is 1.89. The quantitative estimate of drug-likeness (QED) is 0.401. The number of fused-ring (bicyclic) bond motifs is 5. The topological polar surface area (TPSA) is 97.0 Å². The molecule has 2 aromatic rings. The van der Waals surface area contributed by atoms with Crippen LogP contribution < -0.4 is 5.56 Å².